The summed E-state index contributed by atoms with van der Waals surface area (Å²) in [5, 5.41) is 3.17. The second-order valence-electron chi connectivity index (χ2n) is 6.51. The van der Waals surface area contributed by atoms with E-state index in [1.54, 1.807) is 0 Å². The Morgan fingerprint density at radius 2 is 1.62 bits per heavy atom. The Bertz CT molecular complexity index is 442. The first-order valence-corrected chi connectivity index (χ1v) is 10.1. The number of amides is 1. The second-order valence-corrected chi connectivity index (χ2v) is 8.49. The van der Waals surface area contributed by atoms with Crippen LogP contribution >= 0.6 is 0 Å². The van der Waals surface area contributed by atoms with Gasteiger partial charge in [-0.2, -0.15) is 0 Å². The molecular formula is C15H28N2O3S. The number of rotatable bonds is 3. The highest BCUT2D eigenvalue weighted by Crippen LogP contribution is 2.21. The highest BCUT2D eigenvalue weighted by Gasteiger charge is 2.30. The van der Waals surface area contributed by atoms with E-state index in [1.165, 1.54) is 42.7 Å². The van der Waals surface area contributed by atoms with Gasteiger partial charge in [0, 0.05) is 19.1 Å². The number of nitrogens with zero attached hydrogens (tertiary/aromatic N) is 1. The summed E-state index contributed by atoms with van der Waals surface area (Å²) in [4.78, 5) is 12.4. The lowest BCUT2D eigenvalue weighted by Crippen LogP contribution is -2.47. The molecule has 5 nitrogen and oxygen atoms in total. The normalized spacial score (nSPS) is 26.8. The predicted molar refractivity (Wildman–Crippen MR) is 83.4 cm³/mol. The lowest BCUT2D eigenvalue weighted by atomic mass is 9.94. The van der Waals surface area contributed by atoms with E-state index in [-0.39, 0.29) is 17.9 Å². The van der Waals surface area contributed by atoms with Gasteiger partial charge in [-0.15, -0.1) is 0 Å². The van der Waals surface area contributed by atoms with Crippen LogP contribution in [0.4, 0.5) is 0 Å². The van der Waals surface area contributed by atoms with Crippen LogP contribution in [0, 0.1) is 5.92 Å². The molecule has 0 bridgehead atoms. The van der Waals surface area contributed by atoms with Crippen LogP contribution in [-0.4, -0.2) is 44.0 Å². The van der Waals surface area contributed by atoms with E-state index < -0.39 is 10.0 Å². The van der Waals surface area contributed by atoms with Crippen LogP contribution in [0.3, 0.4) is 0 Å². The van der Waals surface area contributed by atoms with Crippen LogP contribution < -0.4 is 5.32 Å². The first-order valence-electron chi connectivity index (χ1n) is 8.22. The van der Waals surface area contributed by atoms with Crippen LogP contribution in [0.1, 0.15) is 57.8 Å². The molecule has 1 aliphatic carbocycles. The summed E-state index contributed by atoms with van der Waals surface area (Å²) in [7, 11) is -3.18. The zero-order chi connectivity index (χ0) is 15.3. The van der Waals surface area contributed by atoms with Crippen molar-refractivity contribution >= 4 is 15.9 Å². The topological polar surface area (TPSA) is 66.5 Å². The number of sulfonamides is 1. The van der Waals surface area contributed by atoms with E-state index in [0.717, 1.165) is 25.7 Å². The summed E-state index contributed by atoms with van der Waals surface area (Å²) in [5.41, 5.74) is 0. The van der Waals surface area contributed by atoms with Gasteiger partial charge in [-0.05, 0) is 25.7 Å². The van der Waals surface area contributed by atoms with E-state index in [4.69, 9.17) is 0 Å². The number of hydrogen-bond donors (Lipinski definition) is 1. The van der Waals surface area contributed by atoms with Gasteiger partial charge in [0.2, 0.25) is 15.9 Å². The Hall–Kier alpha value is -0.620. The smallest absolute Gasteiger partial charge is 0.224 e. The molecule has 2 fully saturated rings. The minimum absolute atomic E-state index is 0.0499. The van der Waals surface area contributed by atoms with Gasteiger partial charge >= 0.3 is 0 Å². The monoisotopic (exact) mass is 316 g/mol. The number of hydrogen-bond acceptors (Lipinski definition) is 3. The van der Waals surface area contributed by atoms with E-state index in [2.05, 4.69) is 5.32 Å². The predicted octanol–water partition coefficient (Wildman–Crippen LogP) is 1.89. The van der Waals surface area contributed by atoms with Crippen molar-refractivity contribution in [3.8, 4) is 0 Å². The van der Waals surface area contributed by atoms with Gasteiger partial charge in [0.05, 0.1) is 12.2 Å². The minimum Gasteiger partial charge on any atom is -0.353 e. The molecule has 6 heteroatoms. The molecule has 1 heterocycles. The summed E-state index contributed by atoms with van der Waals surface area (Å²) in [6, 6.07) is 0.284. The number of carbonyl (C=O) groups is 1. The van der Waals surface area contributed by atoms with Crippen LogP contribution in [0.5, 0.6) is 0 Å². The molecule has 0 aromatic carbocycles. The van der Waals surface area contributed by atoms with Gasteiger partial charge in [-0.3, -0.25) is 4.79 Å². The third-order valence-electron chi connectivity index (χ3n) is 4.68. The third-order valence-corrected chi connectivity index (χ3v) is 5.95. The SMILES string of the molecule is CS(=O)(=O)N1CCC[C@H](C(=O)NC2CCCCCCC2)C1. The van der Waals surface area contributed by atoms with E-state index in [0.29, 0.717) is 13.1 Å². The Labute approximate surface area is 128 Å². The summed E-state index contributed by atoms with van der Waals surface area (Å²) >= 11 is 0. The number of piperidine rings is 1. The van der Waals surface area contributed by atoms with E-state index >= 15 is 0 Å². The van der Waals surface area contributed by atoms with Crippen LogP contribution in [0.2, 0.25) is 0 Å². The van der Waals surface area contributed by atoms with Crippen molar-refractivity contribution < 1.29 is 13.2 Å². The third kappa shape index (κ3) is 5.25. The number of carbonyl (C=O) groups excluding carboxylic acids is 1. The average Bonchev–Trinajstić information content (AvgIpc) is 2.41. The average molecular weight is 316 g/mol. The first kappa shape index (κ1) is 16.7. The molecule has 1 atom stereocenters. The van der Waals surface area contributed by atoms with Gasteiger partial charge < -0.3 is 5.32 Å². The highest BCUT2D eigenvalue weighted by atomic mass is 32.2. The molecule has 0 aromatic heterocycles. The summed E-state index contributed by atoms with van der Waals surface area (Å²) in [6.45, 7) is 0.892. The summed E-state index contributed by atoms with van der Waals surface area (Å²) < 4.78 is 24.7. The molecule has 2 aliphatic rings. The molecule has 1 saturated carbocycles. The van der Waals surface area contributed by atoms with Crippen molar-refractivity contribution in [2.75, 3.05) is 19.3 Å². The summed E-state index contributed by atoms with van der Waals surface area (Å²) in [5.74, 6) is -0.132. The molecule has 122 valence electrons. The molecule has 1 saturated heterocycles. The summed E-state index contributed by atoms with van der Waals surface area (Å²) in [6.07, 6.45) is 11.1. The van der Waals surface area contributed by atoms with Crippen molar-refractivity contribution in [1.82, 2.24) is 9.62 Å². The minimum atomic E-state index is -3.18. The van der Waals surface area contributed by atoms with E-state index in [1.807, 2.05) is 0 Å². The fourth-order valence-corrected chi connectivity index (χ4v) is 4.29. The zero-order valence-corrected chi connectivity index (χ0v) is 13.8. The van der Waals surface area contributed by atoms with Crippen molar-refractivity contribution in [3.05, 3.63) is 0 Å². The molecular weight excluding hydrogens is 288 g/mol. The molecule has 0 aromatic rings. The molecule has 0 spiro atoms. The van der Waals surface area contributed by atoms with Crippen molar-refractivity contribution in [1.29, 1.82) is 0 Å². The van der Waals surface area contributed by atoms with Crippen LogP contribution in [0.15, 0.2) is 0 Å². The molecule has 1 aliphatic heterocycles. The Morgan fingerprint density at radius 3 is 2.24 bits per heavy atom. The van der Waals surface area contributed by atoms with Crippen LogP contribution in [-0.2, 0) is 14.8 Å². The number of nitrogens with one attached hydrogen (secondary N) is 1. The fraction of sp³-hybridized carbons (Fsp3) is 0.933. The largest absolute Gasteiger partial charge is 0.353 e. The molecule has 2 rings (SSSR count). The van der Waals surface area contributed by atoms with Gasteiger partial charge in [0.15, 0.2) is 0 Å². The van der Waals surface area contributed by atoms with Gasteiger partial charge in [-0.25, -0.2) is 12.7 Å². The molecule has 21 heavy (non-hydrogen) atoms. The fourth-order valence-electron chi connectivity index (χ4n) is 3.38. The first-order chi connectivity index (χ1) is 9.97. The van der Waals surface area contributed by atoms with Gasteiger partial charge in [0.25, 0.3) is 0 Å². The van der Waals surface area contributed by atoms with Crippen molar-refractivity contribution in [2.45, 2.75) is 63.8 Å². The molecule has 0 radical (unpaired) electrons. The Morgan fingerprint density at radius 1 is 1.00 bits per heavy atom. The van der Waals surface area contributed by atoms with Gasteiger partial charge in [-0.1, -0.05) is 32.1 Å². The highest BCUT2D eigenvalue weighted by molar-refractivity contribution is 7.88. The molecule has 1 amide bonds. The quantitative estimate of drug-likeness (QED) is 0.864. The van der Waals surface area contributed by atoms with Crippen molar-refractivity contribution in [2.24, 2.45) is 5.92 Å². The standard InChI is InChI=1S/C15H28N2O3S/c1-21(19,20)17-11-7-8-13(12-17)15(18)16-14-9-5-3-2-4-6-10-14/h13-14H,2-12H2,1H3,(H,16,18)/t13-/m0/s1. The van der Waals surface area contributed by atoms with Crippen LogP contribution in [0.25, 0.3) is 0 Å². The molecule has 0 unspecified atom stereocenters. The Kier molecular flexibility index (Phi) is 6.05. The van der Waals surface area contributed by atoms with E-state index in [9.17, 15) is 13.2 Å². The van der Waals surface area contributed by atoms with Crippen molar-refractivity contribution in [3.63, 3.8) is 0 Å². The molecule has 1 N–H and O–H groups in total. The Balaban J connectivity index is 1.87. The second kappa shape index (κ2) is 7.58. The lowest BCUT2D eigenvalue weighted by molar-refractivity contribution is -0.126. The van der Waals surface area contributed by atoms with Gasteiger partial charge in [0.1, 0.15) is 0 Å². The maximum atomic E-state index is 12.4. The maximum Gasteiger partial charge on any atom is 0.224 e. The lowest BCUT2D eigenvalue weighted by Gasteiger charge is -2.31. The zero-order valence-electron chi connectivity index (χ0n) is 13.0. The maximum absolute atomic E-state index is 12.4.